The first-order valence-corrected chi connectivity index (χ1v) is 10.1. The summed E-state index contributed by atoms with van der Waals surface area (Å²) in [4.78, 5) is 41.3. The SMILES string of the molecule is C=N/C=C(\C=C(/C)Cl)C[C@H]1C(=O)N(C(=O)N[C@H](C)c2ccc3c(c2)OC(F)(F)O3)[C@@H]1C(=O)O. The average Bonchev–Trinajstić information content (AvgIpc) is 3.01. The maximum absolute atomic E-state index is 13.2. The molecule has 3 rings (SSSR count). The van der Waals surface area contributed by atoms with Gasteiger partial charge in [0, 0.05) is 11.2 Å². The molecule has 2 heterocycles. The minimum atomic E-state index is -3.78. The summed E-state index contributed by atoms with van der Waals surface area (Å²) in [6.45, 7) is 6.48. The Balaban J connectivity index is 1.72. The van der Waals surface area contributed by atoms with Crippen molar-refractivity contribution in [1.82, 2.24) is 10.2 Å². The molecule has 0 aliphatic carbocycles. The molecule has 0 saturated carbocycles. The standard InChI is InChI=1S/C21H20ClF2N3O6/c1-10(22)6-12(9-25-3)7-14-17(19(29)30)27(18(14)28)20(31)26-11(2)13-4-5-15-16(8-13)33-21(23,24)32-15/h4-6,8-9,11,14,17H,3,7H2,1-2H3,(H,26,31)(H,29,30)/b10-6+,12-9+/t11-,14-,17+/m1/s1. The second-order valence-corrected chi connectivity index (χ2v) is 8.06. The zero-order valence-electron chi connectivity index (χ0n) is 17.5. The quantitative estimate of drug-likeness (QED) is 0.346. The second kappa shape index (κ2) is 9.18. The molecular formula is C21H20ClF2N3O6. The Kier molecular flexibility index (Phi) is 6.73. The Morgan fingerprint density at radius 3 is 2.67 bits per heavy atom. The van der Waals surface area contributed by atoms with Gasteiger partial charge in [0.25, 0.3) is 0 Å². The Hall–Kier alpha value is -3.47. The lowest BCUT2D eigenvalue weighted by atomic mass is 9.82. The number of fused-ring (bicyclic) bond motifs is 1. The summed E-state index contributed by atoms with van der Waals surface area (Å²) >= 11 is 5.86. The molecule has 2 aliphatic heterocycles. The monoisotopic (exact) mass is 483 g/mol. The fourth-order valence-corrected chi connectivity index (χ4v) is 3.75. The van der Waals surface area contributed by atoms with Gasteiger partial charge in [-0.3, -0.25) is 9.79 Å². The van der Waals surface area contributed by atoms with E-state index >= 15 is 0 Å². The molecule has 0 bridgehead atoms. The molecule has 0 aromatic heterocycles. The second-order valence-electron chi connectivity index (χ2n) is 7.46. The average molecular weight is 484 g/mol. The molecule has 9 nitrogen and oxygen atoms in total. The molecule has 3 amide bonds. The van der Waals surface area contributed by atoms with Gasteiger partial charge >= 0.3 is 18.3 Å². The van der Waals surface area contributed by atoms with Gasteiger partial charge in [-0.05, 0) is 56.3 Å². The van der Waals surface area contributed by atoms with Crippen molar-refractivity contribution in [1.29, 1.82) is 0 Å². The van der Waals surface area contributed by atoms with E-state index < -0.39 is 42.2 Å². The van der Waals surface area contributed by atoms with Crippen molar-refractivity contribution in [2.75, 3.05) is 0 Å². The van der Waals surface area contributed by atoms with Crippen LogP contribution >= 0.6 is 11.6 Å². The van der Waals surface area contributed by atoms with Gasteiger partial charge in [-0.15, -0.1) is 8.78 Å². The fourth-order valence-electron chi connectivity index (χ4n) is 3.61. The van der Waals surface area contributed by atoms with Crippen molar-refractivity contribution in [3.8, 4) is 11.5 Å². The maximum atomic E-state index is 13.2. The van der Waals surface area contributed by atoms with Crippen LogP contribution in [0.4, 0.5) is 13.6 Å². The molecule has 1 aromatic rings. The number of nitrogens with zero attached hydrogens (tertiary/aromatic N) is 2. The van der Waals surface area contributed by atoms with Gasteiger partial charge in [-0.1, -0.05) is 17.7 Å². The number of halogens is 3. The van der Waals surface area contributed by atoms with E-state index in [9.17, 15) is 28.3 Å². The lowest BCUT2D eigenvalue weighted by molar-refractivity contribution is -0.286. The number of benzene rings is 1. The highest BCUT2D eigenvalue weighted by Gasteiger charge is 2.55. The van der Waals surface area contributed by atoms with E-state index in [0.29, 0.717) is 21.1 Å². The highest BCUT2D eigenvalue weighted by atomic mass is 35.5. The number of amides is 3. The molecule has 0 radical (unpaired) electrons. The third-order valence-electron chi connectivity index (χ3n) is 5.05. The summed E-state index contributed by atoms with van der Waals surface area (Å²) in [6.07, 6.45) is -0.913. The topological polar surface area (TPSA) is 118 Å². The van der Waals surface area contributed by atoms with Crippen LogP contribution in [-0.4, -0.2) is 47.0 Å². The summed E-state index contributed by atoms with van der Waals surface area (Å²) in [5.74, 6) is -3.41. The van der Waals surface area contributed by atoms with Crippen LogP contribution in [0, 0.1) is 5.92 Å². The molecule has 2 N–H and O–H groups in total. The Bertz CT molecular complexity index is 1070. The number of imide groups is 1. The number of β-lactam (4-membered cyclic amide) rings is 1. The number of carbonyl (C=O) groups excluding carboxylic acids is 2. The molecular weight excluding hydrogens is 464 g/mol. The van der Waals surface area contributed by atoms with Crippen LogP contribution in [0.15, 0.2) is 46.1 Å². The molecule has 0 spiro atoms. The highest BCUT2D eigenvalue weighted by molar-refractivity contribution is 6.29. The number of rotatable bonds is 7. The molecule has 1 saturated heterocycles. The minimum Gasteiger partial charge on any atom is -0.480 e. The number of nitrogens with one attached hydrogen (secondary N) is 1. The van der Waals surface area contributed by atoms with E-state index in [1.807, 2.05) is 0 Å². The number of urea groups is 1. The summed E-state index contributed by atoms with van der Waals surface area (Å²) in [5.41, 5.74) is 0.859. The minimum absolute atomic E-state index is 0.00537. The van der Waals surface area contributed by atoms with Crippen molar-refractivity contribution in [3.05, 3.63) is 46.6 Å². The Labute approximate surface area is 192 Å². The number of alkyl halides is 2. The number of carboxylic acids is 1. The smallest absolute Gasteiger partial charge is 0.480 e. The van der Waals surface area contributed by atoms with Crippen molar-refractivity contribution >= 4 is 36.2 Å². The van der Waals surface area contributed by atoms with E-state index in [1.165, 1.54) is 37.4 Å². The van der Waals surface area contributed by atoms with Gasteiger partial charge in [-0.2, -0.15) is 0 Å². The van der Waals surface area contributed by atoms with Crippen LogP contribution < -0.4 is 14.8 Å². The van der Waals surface area contributed by atoms with Crippen LogP contribution in [0.25, 0.3) is 0 Å². The van der Waals surface area contributed by atoms with E-state index in [4.69, 9.17) is 11.6 Å². The largest absolute Gasteiger partial charge is 0.586 e. The van der Waals surface area contributed by atoms with E-state index in [-0.39, 0.29) is 17.9 Å². The number of carboxylic acid groups (broad SMARTS) is 1. The van der Waals surface area contributed by atoms with Crippen molar-refractivity contribution in [3.63, 3.8) is 0 Å². The number of hydrogen-bond acceptors (Lipinski definition) is 6. The van der Waals surface area contributed by atoms with Gasteiger partial charge in [0.05, 0.1) is 12.0 Å². The zero-order chi connectivity index (χ0) is 24.5. The first-order chi connectivity index (χ1) is 15.4. The van der Waals surface area contributed by atoms with Crippen LogP contribution in [0.5, 0.6) is 11.5 Å². The van der Waals surface area contributed by atoms with Crippen molar-refractivity contribution < 1.29 is 37.7 Å². The van der Waals surface area contributed by atoms with Crippen molar-refractivity contribution in [2.24, 2.45) is 10.9 Å². The predicted molar refractivity (Wildman–Crippen MR) is 113 cm³/mol. The van der Waals surface area contributed by atoms with Gasteiger partial charge in [0.15, 0.2) is 17.5 Å². The Morgan fingerprint density at radius 1 is 1.39 bits per heavy atom. The maximum Gasteiger partial charge on any atom is 0.586 e. The molecule has 12 heteroatoms. The highest BCUT2D eigenvalue weighted by Crippen LogP contribution is 2.42. The summed E-state index contributed by atoms with van der Waals surface area (Å²) in [6, 6.07) is 0.852. The first-order valence-electron chi connectivity index (χ1n) is 9.68. The van der Waals surface area contributed by atoms with E-state index in [0.717, 1.165) is 0 Å². The lowest BCUT2D eigenvalue weighted by Crippen LogP contribution is -2.68. The number of aliphatic imine (C=N–C) groups is 1. The molecule has 1 aromatic carbocycles. The fraction of sp³-hybridized carbons (Fsp3) is 0.333. The number of carbonyl (C=O) groups is 3. The number of allylic oxidation sites excluding steroid dienone is 3. The van der Waals surface area contributed by atoms with Crippen LogP contribution in [0.2, 0.25) is 0 Å². The molecule has 176 valence electrons. The van der Waals surface area contributed by atoms with Crippen LogP contribution in [-0.2, 0) is 9.59 Å². The summed E-state index contributed by atoms with van der Waals surface area (Å²) in [5, 5.41) is 12.5. The van der Waals surface area contributed by atoms with Crippen molar-refractivity contribution in [2.45, 2.75) is 38.6 Å². The summed E-state index contributed by atoms with van der Waals surface area (Å²) in [7, 11) is 0. The normalized spacial score (nSPS) is 22.5. The first kappa shape index (κ1) is 24.2. The number of ether oxygens (including phenoxy) is 2. The van der Waals surface area contributed by atoms with Gasteiger partial charge in [0.2, 0.25) is 5.91 Å². The molecule has 1 fully saturated rings. The van der Waals surface area contributed by atoms with Crippen LogP contribution in [0.3, 0.4) is 0 Å². The third kappa shape index (κ3) is 5.14. The number of aliphatic carboxylic acids is 1. The van der Waals surface area contributed by atoms with E-state index in [2.05, 4.69) is 26.5 Å². The lowest BCUT2D eigenvalue weighted by Gasteiger charge is -2.43. The Morgan fingerprint density at radius 2 is 2.06 bits per heavy atom. The van der Waals surface area contributed by atoms with E-state index in [1.54, 1.807) is 6.92 Å². The molecule has 2 aliphatic rings. The van der Waals surface area contributed by atoms with Crippen LogP contribution in [0.1, 0.15) is 31.9 Å². The molecule has 3 atom stereocenters. The zero-order valence-corrected chi connectivity index (χ0v) is 18.3. The third-order valence-corrected chi connectivity index (χ3v) is 5.16. The van der Waals surface area contributed by atoms with Gasteiger partial charge in [-0.25, -0.2) is 14.5 Å². The number of hydrogen-bond donors (Lipinski definition) is 2. The van der Waals surface area contributed by atoms with Gasteiger partial charge in [0.1, 0.15) is 0 Å². The number of likely N-dealkylation sites (tertiary alicyclic amines) is 1. The van der Waals surface area contributed by atoms with Gasteiger partial charge < -0.3 is 19.9 Å². The summed E-state index contributed by atoms with van der Waals surface area (Å²) < 4.78 is 35.1. The predicted octanol–water partition coefficient (Wildman–Crippen LogP) is 3.81. The molecule has 0 unspecified atom stereocenters. The molecule has 33 heavy (non-hydrogen) atoms.